The quantitative estimate of drug-likeness (QED) is 0.757. The van der Waals surface area contributed by atoms with Crippen LogP contribution in [0.3, 0.4) is 0 Å². The molecule has 0 aliphatic carbocycles. The summed E-state index contributed by atoms with van der Waals surface area (Å²) in [4.78, 5) is 1.94. The van der Waals surface area contributed by atoms with Crippen molar-refractivity contribution < 1.29 is 4.39 Å². The van der Waals surface area contributed by atoms with Crippen LogP contribution in [-0.2, 0) is 0 Å². The van der Waals surface area contributed by atoms with Crippen LogP contribution in [0.2, 0.25) is 0 Å². The molecule has 1 aromatic rings. The van der Waals surface area contributed by atoms with Crippen LogP contribution in [0, 0.1) is 17.1 Å². The van der Waals surface area contributed by atoms with Gasteiger partial charge in [0.15, 0.2) is 0 Å². The van der Waals surface area contributed by atoms with Crippen molar-refractivity contribution in [2.45, 2.75) is 18.9 Å². The van der Waals surface area contributed by atoms with Crippen LogP contribution in [0.4, 0.5) is 4.39 Å². The zero-order valence-corrected chi connectivity index (χ0v) is 9.07. The van der Waals surface area contributed by atoms with Crippen molar-refractivity contribution in [3.05, 3.63) is 35.6 Å². The molecule has 1 unspecified atom stereocenters. The summed E-state index contributed by atoms with van der Waals surface area (Å²) in [5.74, 6) is -0.200. The van der Waals surface area contributed by atoms with Crippen molar-refractivity contribution in [1.82, 2.24) is 4.90 Å². The Morgan fingerprint density at radius 2 is 2.07 bits per heavy atom. The third kappa shape index (κ3) is 3.03. The molecular formula is C12H15FN2. The Balaban J connectivity index is 2.90. The minimum Gasteiger partial charge on any atom is -0.302 e. The third-order valence-electron chi connectivity index (χ3n) is 2.42. The summed E-state index contributed by atoms with van der Waals surface area (Å²) in [5.41, 5.74) is 0.665. The van der Waals surface area contributed by atoms with Crippen LogP contribution in [0.1, 0.15) is 24.4 Å². The molecule has 15 heavy (non-hydrogen) atoms. The van der Waals surface area contributed by atoms with Gasteiger partial charge in [0.25, 0.3) is 0 Å². The molecular weight excluding hydrogens is 191 g/mol. The van der Waals surface area contributed by atoms with E-state index in [4.69, 9.17) is 5.26 Å². The second-order valence-corrected chi connectivity index (χ2v) is 3.70. The average Bonchev–Trinajstić information content (AvgIpc) is 2.20. The van der Waals surface area contributed by atoms with Crippen molar-refractivity contribution in [2.24, 2.45) is 0 Å². The molecule has 0 spiro atoms. The average molecular weight is 206 g/mol. The molecule has 0 heterocycles. The summed E-state index contributed by atoms with van der Waals surface area (Å²) in [5, 5.41) is 8.55. The zero-order chi connectivity index (χ0) is 11.3. The van der Waals surface area contributed by atoms with Gasteiger partial charge in [0, 0.05) is 18.0 Å². The molecule has 1 rings (SSSR count). The van der Waals surface area contributed by atoms with E-state index >= 15 is 0 Å². The summed E-state index contributed by atoms with van der Waals surface area (Å²) in [6.45, 7) is 0. The minimum atomic E-state index is -0.200. The summed E-state index contributed by atoms with van der Waals surface area (Å²) in [6.07, 6.45) is 1.10. The standard InChI is InChI=1S/C12H15FN2/c1-15(2)12(8-5-9-14)10-6-3-4-7-11(10)13/h3-4,6-7,12H,5,8H2,1-2H3. The first-order valence-corrected chi connectivity index (χ1v) is 4.94. The van der Waals surface area contributed by atoms with E-state index in [0.717, 1.165) is 0 Å². The highest BCUT2D eigenvalue weighted by Gasteiger charge is 2.16. The molecule has 0 saturated heterocycles. The van der Waals surface area contributed by atoms with E-state index in [9.17, 15) is 4.39 Å². The van der Waals surface area contributed by atoms with Gasteiger partial charge in [-0.15, -0.1) is 0 Å². The Morgan fingerprint density at radius 3 is 2.60 bits per heavy atom. The Morgan fingerprint density at radius 1 is 1.40 bits per heavy atom. The van der Waals surface area contributed by atoms with Gasteiger partial charge >= 0.3 is 0 Å². The number of benzene rings is 1. The van der Waals surface area contributed by atoms with Gasteiger partial charge < -0.3 is 4.90 Å². The highest BCUT2D eigenvalue weighted by atomic mass is 19.1. The van der Waals surface area contributed by atoms with Crippen molar-refractivity contribution in [1.29, 1.82) is 5.26 Å². The van der Waals surface area contributed by atoms with Gasteiger partial charge in [-0.05, 0) is 26.6 Å². The maximum atomic E-state index is 13.5. The fourth-order valence-electron chi connectivity index (χ4n) is 1.64. The molecule has 1 atom stereocenters. The van der Waals surface area contributed by atoms with E-state index < -0.39 is 0 Å². The molecule has 80 valence electrons. The molecule has 0 aromatic heterocycles. The van der Waals surface area contributed by atoms with E-state index in [1.807, 2.05) is 25.1 Å². The number of hydrogen-bond donors (Lipinski definition) is 0. The lowest BCUT2D eigenvalue weighted by atomic mass is 10.0. The Bertz CT molecular complexity index is 355. The van der Waals surface area contributed by atoms with Gasteiger partial charge in [-0.25, -0.2) is 4.39 Å². The molecule has 0 amide bonds. The minimum absolute atomic E-state index is 0.0224. The topological polar surface area (TPSA) is 27.0 Å². The molecule has 0 N–H and O–H groups in total. The van der Waals surface area contributed by atoms with Crippen molar-refractivity contribution in [2.75, 3.05) is 14.1 Å². The number of nitrogens with zero attached hydrogens (tertiary/aromatic N) is 2. The lowest BCUT2D eigenvalue weighted by Gasteiger charge is -2.24. The van der Waals surface area contributed by atoms with Crippen molar-refractivity contribution >= 4 is 0 Å². The van der Waals surface area contributed by atoms with Crippen LogP contribution in [-0.4, -0.2) is 19.0 Å². The highest BCUT2D eigenvalue weighted by Crippen LogP contribution is 2.25. The zero-order valence-electron chi connectivity index (χ0n) is 9.07. The van der Waals surface area contributed by atoms with Gasteiger partial charge in [-0.2, -0.15) is 5.26 Å². The number of nitriles is 1. The van der Waals surface area contributed by atoms with Gasteiger partial charge in [0.05, 0.1) is 6.07 Å². The van der Waals surface area contributed by atoms with E-state index in [-0.39, 0.29) is 11.9 Å². The first-order valence-electron chi connectivity index (χ1n) is 4.94. The number of rotatable bonds is 4. The maximum absolute atomic E-state index is 13.5. The largest absolute Gasteiger partial charge is 0.302 e. The van der Waals surface area contributed by atoms with Gasteiger partial charge in [-0.1, -0.05) is 18.2 Å². The molecule has 0 bridgehead atoms. The Hall–Kier alpha value is -1.40. The SMILES string of the molecule is CN(C)C(CCC#N)c1ccccc1F. The molecule has 0 fully saturated rings. The van der Waals surface area contributed by atoms with Gasteiger partial charge in [0.2, 0.25) is 0 Å². The van der Waals surface area contributed by atoms with Crippen molar-refractivity contribution in [3.63, 3.8) is 0 Å². The number of hydrogen-bond acceptors (Lipinski definition) is 2. The normalized spacial score (nSPS) is 12.5. The van der Waals surface area contributed by atoms with Crippen LogP contribution in [0.5, 0.6) is 0 Å². The second-order valence-electron chi connectivity index (χ2n) is 3.70. The van der Waals surface area contributed by atoms with E-state index in [1.165, 1.54) is 6.07 Å². The van der Waals surface area contributed by atoms with Crippen LogP contribution in [0.25, 0.3) is 0 Å². The van der Waals surface area contributed by atoms with Gasteiger partial charge in [0.1, 0.15) is 5.82 Å². The molecule has 0 aliphatic rings. The lowest BCUT2D eigenvalue weighted by molar-refractivity contribution is 0.279. The van der Waals surface area contributed by atoms with Crippen LogP contribution < -0.4 is 0 Å². The van der Waals surface area contributed by atoms with E-state index in [2.05, 4.69) is 6.07 Å². The molecule has 0 radical (unpaired) electrons. The van der Waals surface area contributed by atoms with E-state index in [0.29, 0.717) is 18.4 Å². The highest BCUT2D eigenvalue weighted by molar-refractivity contribution is 5.21. The Kier molecular flexibility index (Phi) is 4.26. The van der Waals surface area contributed by atoms with Crippen LogP contribution in [0.15, 0.2) is 24.3 Å². The molecule has 0 aliphatic heterocycles. The molecule has 2 nitrogen and oxygen atoms in total. The first kappa shape index (κ1) is 11.7. The Labute approximate surface area is 89.9 Å². The maximum Gasteiger partial charge on any atom is 0.127 e. The molecule has 0 saturated carbocycles. The summed E-state index contributed by atoms with van der Waals surface area (Å²) in [6, 6.07) is 8.80. The molecule has 3 heteroatoms. The summed E-state index contributed by atoms with van der Waals surface area (Å²) >= 11 is 0. The summed E-state index contributed by atoms with van der Waals surface area (Å²) in [7, 11) is 3.79. The fraction of sp³-hybridized carbons (Fsp3) is 0.417. The van der Waals surface area contributed by atoms with E-state index in [1.54, 1.807) is 12.1 Å². The fourth-order valence-corrected chi connectivity index (χ4v) is 1.64. The predicted molar refractivity (Wildman–Crippen MR) is 57.7 cm³/mol. The van der Waals surface area contributed by atoms with Gasteiger partial charge in [-0.3, -0.25) is 0 Å². The summed E-state index contributed by atoms with van der Waals surface area (Å²) < 4.78 is 13.5. The predicted octanol–water partition coefficient (Wildman–Crippen LogP) is 2.73. The van der Waals surface area contributed by atoms with Crippen molar-refractivity contribution in [3.8, 4) is 6.07 Å². The first-order chi connectivity index (χ1) is 7.16. The monoisotopic (exact) mass is 206 g/mol. The number of halogens is 1. The third-order valence-corrected chi connectivity index (χ3v) is 2.42. The molecule has 1 aromatic carbocycles. The van der Waals surface area contributed by atoms with Crippen LogP contribution >= 0.6 is 0 Å². The lowest BCUT2D eigenvalue weighted by Crippen LogP contribution is -2.20. The smallest absolute Gasteiger partial charge is 0.127 e. The second kappa shape index (κ2) is 5.47.